The largest absolute Gasteiger partial charge is 0.379 e. The summed E-state index contributed by atoms with van der Waals surface area (Å²) in [4.78, 5) is 14.6. The van der Waals surface area contributed by atoms with E-state index in [0.29, 0.717) is 13.2 Å². The smallest absolute Gasteiger partial charge is 0.326 e. The Kier molecular flexibility index (Phi) is 4.92. The molecule has 0 unspecified atom stereocenters. The molecule has 2 heterocycles. The molecule has 0 saturated carbocycles. The molecule has 1 aliphatic rings. The second-order valence-corrected chi connectivity index (χ2v) is 5.68. The molecule has 0 spiro atoms. The third-order valence-corrected chi connectivity index (χ3v) is 4.04. The van der Waals surface area contributed by atoms with Crippen molar-refractivity contribution in [2.75, 3.05) is 32.9 Å². The molecule has 0 aliphatic carbocycles. The Morgan fingerprint density at radius 2 is 2.36 bits per heavy atom. The Morgan fingerprint density at radius 1 is 1.45 bits per heavy atom. The van der Waals surface area contributed by atoms with Crippen LogP contribution in [0.3, 0.4) is 0 Å². The fourth-order valence-corrected chi connectivity index (χ4v) is 2.90. The van der Waals surface area contributed by atoms with Gasteiger partial charge in [0.2, 0.25) is 0 Å². The molecule has 6 heteroatoms. The van der Waals surface area contributed by atoms with Crippen molar-refractivity contribution in [3.05, 3.63) is 34.2 Å². The second-order valence-electron chi connectivity index (χ2n) is 5.68. The van der Waals surface area contributed by atoms with Crippen molar-refractivity contribution in [3.63, 3.8) is 0 Å². The third kappa shape index (κ3) is 3.40. The normalized spacial score (nSPS) is 18.9. The van der Waals surface area contributed by atoms with Crippen molar-refractivity contribution in [1.29, 1.82) is 0 Å². The molecule has 3 rings (SSSR count). The molecule has 0 radical (unpaired) electrons. The van der Waals surface area contributed by atoms with E-state index >= 15 is 0 Å². The van der Waals surface area contributed by atoms with E-state index in [1.165, 1.54) is 5.56 Å². The molecule has 6 nitrogen and oxygen atoms in total. The van der Waals surface area contributed by atoms with E-state index < -0.39 is 0 Å². The summed E-state index contributed by atoms with van der Waals surface area (Å²) in [6.07, 6.45) is 1.99. The second kappa shape index (κ2) is 7.09. The molecule has 0 bridgehead atoms. The van der Waals surface area contributed by atoms with Gasteiger partial charge in [0.15, 0.2) is 0 Å². The van der Waals surface area contributed by atoms with Crippen molar-refractivity contribution in [1.82, 2.24) is 14.9 Å². The van der Waals surface area contributed by atoms with Crippen LogP contribution >= 0.6 is 0 Å². The first-order valence-electron chi connectivity index (χ1n) is 7.82. The minimum Gasteiger partial charge on any atom is -0.379 e. The summed E-state index contributed by atoms with van der Waals surface area (Å²) in [5.74, 6) is 0. The number of H-pyrrole nitrogens is 1. The zero-order valence-electron chi connectivity index (χ0n) is 12.9. The number of aromatic amines is 1. The van der Waals surface area contributed by atoms with Gasteiger partial charge in [-0.05, 0) is 24.5 Å². The number of para-hydroxylation sites is 1. The van der Waals surface area contributed by atoms with E-state index in [4.69, 9.17) is 9.47 Å². The Bertz CT molecular complexity index is 671. The minimum absolute atomic E-state index is 0.0688. The SMILES string of the molecule is Cn1c(=O)[nH]c2cccc(CCCOC[C@@H]3CNCCO3)c21. The molecule has 120 valence electrons. The van der Waals surface area contributed by atoms with Gasteiger partial charge in [-0.25, -0.2) is 4.79 Å². The molecular weight excluding hydrogens is 282 g/mol. The van der Waals surface area contributed by atoms with Crippen LogP contribution in [0.4, 0.5) is 0 Å². The highest BCUT2D eigenvalue weighted by Crippen LogP contribution is 2.16. The van der Waals surface area contributed by atoms with Crippen molar-refractivity contribution < 1.29 is 9.47 Å². The summed E-state index contributed by atoms with van der Waals surface area (Å²) >= 11 is 0. The van der Waals surface area contributed by atoms with Gasteiger partial charge in [-0.3, -0.25) is 4.57 Å². The lowest BCUT2D eigenvalue weighted by molar-refractivity contribution is -0.0316. The number of nitrogens with one attached hydrogen (secondary N) is 2. The first-order chi connectivity index (χ1) is 10.8. The molecule has 1 fully saturated rings. The maximum Gasteiger partial charge on any atom is 0.326 e. The van der Waals surface area contributed by atoms with E-state index in [9.17, 15) is 4.79 Å². The monoisotopic (exact) mass is 305 g/mol. The van der Waals surface area contributed by atoms with Gasteiger partial charge in [0.25, 0.3) is 0 Å². The van der Waals surface area contributed by atoms with Gasteiger partial charge in [-0.15, -0.1) is 0 Å². The molecule has 2 N–H and O–H groups in total. The zero-order chi connectivity index (χ0) is 15.4. The Labute approximate surface area is 129 Å². The standard InChI is InChI=1S/C16H23N3O3/c1-19-15-12(4-2-6-14(15)18-16(19)20)5-3-8-21-11-13-10-17-7-9-22-13/h2,4,6,13,17H,3,5,7-11H2,1H3,(H,18,20)/t13-/m0/s1. The van der Waals surface area contributed by atoms with E-state index in [1.54, 1.807) is 11.6 Å². The number of fused-ring (bicyclic) bond motifs is 1. The number of aryl methyl sites for hydroxylation is 2. The average molecular weight is 305 g/mol. The van der Waals surface area contributed by atoms with E-state index in [1.807, 2.05) is 12.1 Å². The van der Waals surface area contributed by atoms with E-state index in [-0.39, 0.29) is 11.8 Å². The highest BCUT2D eigenvalue weighted by molar-refractivity contribution is 5.78. The summed E-state index contributed by atoms with van der Waals surface area (Å²) < 4.78 is 13.0. The van der Waals surface area contributed by atoms with Crippen molar-refractivity contribution in [2.24, 2.45) is 7.05 Å². The topological polar surface area (TPSA) is 68.3 Å². The molecule has 2 aromatic rings. The molecule has 1 aromatic heterocycles. The van der Waals surface area contributed by atoms with Gasteiger partial charge in [-0.2, -0.15) is 0 Å². The Balaban J connectivity index is 1.50. The molecule has 0 amide bonds. The Hall–Kier alpha value is -1.63. The van der Waals surface area contributed by atoms with E-state index in [0.717, 1.165) is 43.6 Å². The number of nitrogens with zero attached hydrogens (tertiary/aromatic N) is 1. The van der Waals surface area contributed by atoms with Crippen LogP contribution in [0.25, 0.3) is 11.0 Å². The molecule has 1 aromatic carbocycles. The molecule has 1 atom stereocenters. The van der Waals surface area contributed by atoms with Crippen LogP contribution < -0.4 is 11.0 Å². The number of hydrogen-bond donors (Lipinski definition) is 2. The lowest BCUT2D eigenvalue weighted by Gasteiger charge is -2.23. The fourth-order valence-electron chi connectivity index (χ4n) is 2.90. The number of rotatable bonds is 6. The molecule has 1 aliphatic heterocycles. The molecule has 1 saturated heterocycles. The first kappa shape index (κ1) is 15.3. The van der Waals surface area contributed by atoms with Crippen LogP contribution in [0.15, 0.2) is 23.0 Å². The van der Waals surface area contributed by atoms with Crippen molar-refractivity contribution >= 4 is 11.0 Å². The van der Waals surface area contributed by atoms with Gasteiger partial charge in [0.05, 0.1) is 30.4 Å². The van der Waals surface area contributed by atoms with E-state index in [2.05, 4.69) is 16.4 Å². The summed E-state index contributed by atoms with van der Waals surface area (Å²) in [5, 5.41) is 3.29. The number of morpholine rings is 1. The number of aromatic nitrogens is 2. The first-order valence-corrected chi connectivity index (χ1v) is 7.82. The number of benzene rings is 1. The van der Waals surface area contributed by atoms with Crippen LogP contribution in [0.1, 0.15) is 12.0 Å². The summed E-state index contributed by atoms with van der Waals surface area (Å²) in [6, 6.07) is 5.99. The van der Waals surface area contributed by atoms with Crippen molar-refractivity contribution in [2.45, 2.75) is 18.9 Å². The highest BCUT2D eigenvalue weighted by atomic mass is 16.5. The predicted molar refractivity (Wildman–Crippen MR) is 85.3 cm³/mol. The minimum atomic E-state index is -0.0688. The van der Waals surface area contributed by atoms with Crippen LogP contribution in [0, 0.1) is 0 Å². The lowest BCUT2D eigenvalue weighted by Crippen LogP contribution is -2.41. The van der Waals surface area contributed by atoms with Gasteiger partial charge >= 0.3 is 5.69 Å². The quantitative estimate of drug-likeness (QED) is 0.775. The number of hydrogen-bond acceptors (Lipinski definition) is 4. The summed E-state index contributed by atoms with van der Waals surface area (Å²) in [5.41, 5.74) is 3.00. The number of imidazole rings is 1. The van der Waals surface area contributed by atoms with Crippen LogP contribution in [0.5, 0.6) is 0 Å². The predicted octanol–water partition coefficient (Wildman–Crippen LogP) is 0.804. The third-order valence-electron chi connectivity index (χ3n) is 4.04. The van der Waals surface area contributed by atoms with Crippen LogP contribution in [-0.4, -0.2) is 48.6 Å². The molecule has 22 heavy (non-hydrogen) atoms. The lowest BCUT2D eigenvalue weighted by atomic mass is 10.1. The average Bonchev–Trinajstić information content (AvgIpc) is 2.83. The van der Waals surface area contributed by atoms with Gasteiger partial charge < -0.3 is 19.8 Å². The van der Waals surface area contributed by atoms with Gasteiger partial charge in [0.1, 0.15) is 0 Å². The van der Waals surface area contributed by atoms with Crippen molar-refractivity contribution in [3.8, 4) is 0 Å². The maximum atomic E-state index is 11.7. The number of ether oxygens (including phenoxy) is 2. The maximum absolute atomic E-state index is 11.7. The highest BCUT2D eigenvalue weighted by Gasteiger charge is 2.13. The van der Waals surface area contributed by atoms with Gasteiger partial charge in [-0.1, -0.05) is 12.1 Å². The zero-order valence-corrected chi connectivity index (χ0v) is 12.9. The van der Waals surface area contributed by atoms with Crippen LogP contribution in [-0.2, 0) is 22.9 Å². The van der Waals surface area contributed by atoms with Gasteiger partial charge in [0, 0.05) is 26.7 Å². The fraction of sp³-hybridized carbons (Fsp3) is 0.562. The summed E-state index contributed by atoms with van der Waals surface area (Å²) in [6.45, 7) is 3.90. The Morgan fingerprint density at radius 3 is 3.18 bits per heavy atom. The molecular formula is C16H23N3O3. The van der Waals surface area contributed by atoms with Crippen LogP contribution in [0.2, 0.25) is 0 Å². The summed E-state index contributed by atoms with van der Waals surface area (Å²) in [7, 11) is 1.80.